The van der Waals surface area contributed by atoms with Gasteiger partial charge in [-0.3, -0.25) is 14.7 Å². The molecule has 0 radical (unpaired) electrons. The standard InChI is InChI=1S/C24H22F2N2O3/c25-20-3-1-2-18(24(20)26)15-31-19-7-4-16(5-8-19)21-9-6-17-14-28(13-11-23(29)30)12-10-22(17)27-21/h1-9H,10-15H2,(H,29,30). The van der Waals surface area contributed by atoms with Gasteiger partial charge in [0.1, 0.15) is 12.4 Å². The maximum atomic E-state index is 13.7. The summed E-state index contributed by atoms with van der Waals surface area (Å²) >= 11 is 0. The Labute approximate surface area is 178 Å². The van der Waals surface area contributed by atoms with E-state index in [1.165, 1.54) is 12.1 Å². The minimum absolute atomic E-state index is 0.0571. The fourth-order valence-electron chi connectivity index (χ4n) is 3.62. The summed E-state index contributed by atoms with van der Waals surface area (Å²) in [5, 5.41) is 8.86. The number of ether oxygens (including phenoxy) is 1. The van der Waals surface area contributed by atoms with Crippen LogP contribution in [0, 0.1) is 11.6 Å². The highest BCUT2D eigenvalue weighted by Crippen LogP contribution is 2.25. The Balaban J connectivity index is 1.40. The van der Waals surface area contributed by atoms with Gasteiger partial charge in [0, 0.05) is 42.9 Å². The van der Waals surface area contributed by atoms with Crippen LogP contribution in [-0.2, 0) is 24.4 Å². The molecule has 0 saturated carbocycles. The molecule has 160 valence electrons. The van der Waals surface area contributed by atoms with E-state index in [1.807, 2.05) is 24.3 Å². The lowest BCUT2D eigenvalue weighted by molar-refractivity contribution is -0.137. The Kier molecular flexibility index (Phi) is 6.23. The first-order chi connectivity index (χ1) is 15.0. The molecule has 1 aliphatic rings. The number of aliphatic carboxylic acids is 1. The molecule has 0 spiro atoms. The molecule has 5 nitrogen and oxygen atoms in total. The van der Waals surface area contributed by atoms with E-state index in [-0.39, 0.29) is 18.6 Å². The largest absolute Gasteiger partial charge is 0.489 e. The number of hydrogen-bond donors (Lipinski definition) is 1. The quantitative estimate of drug-likeness (QED) is 0.608. The molecule has 0 saturated heterocycles. The zero-order valence-corrected chi connectivity index (χ0v) is 16.9. The second-order valence-corrected chi connectivity index (χ2v) is 7.50. The molecular weight excluding hydrogens is 402 g/mol. The van der Waals surface area contributed by atoms with Crippen molar-refractivity contribution in [2.45, 2.75) is 26.0 Å². The van der Waals surface area contributed by atoms with E-state index in [0.29, 0.717) is 18.8 Å². The summed E-state index contributed by atoms with van der Waals surface area (Å²) in [5.74, 6) is -2.01. The van der Waals surface area contributed by atoms with Crippen molar-refractivity contribution in [1.82, 2.24) is 9.88 Å². The minimum atomic E-state index is -0.890. The maximum Gasteiger partial charge on any atom is 0.304 e. The summed E-state index contributed by atoms with van der Waals surface area (Å²) in [6.45, 7) is 1.98. The predicted octanol–water partition coefficient (Wildman–Crippen LogP) is 4.44. The van der Waals surface area contributed by atoms with Gasteiger partial charge in [-0.25, -0.2) is 8.78 Å². The normalized spacial score (nSPS) is 13.6. The van der Waals surface area contributed by atoms with E-state index in [0.717, 1.165) is 41.5 Å². The summed E-state index contributed by atoms with van der Waals surface area (Å²) in [4.78, 5) is 17.7. The van der Waals surface area contributed by atoms with Gasteiger partial charge in [-0.05, 0) is 42.0 Å². The highest BCUT2D eigenvalue weighted by Gasteiger charge is 2.18. The number of carbonyl (C=O) groups is 1. The van der Waals surface area contributed by atoms with Gasteiger partial charge in [-0.1, -0.05) is 18.2 Å². The summed E-state index contributed by atoms with van der Waals surface area (Å²) in [7, 11) is 0. The van der Waals surface area contributed by atoms with Crippen LogP contribution in [0.1, 0.15) is 23.2 Å². The second kappa shape index (κ2) is 9.22. The smallest absolute Gasteiger partial charge is 0.304 e. The molecule has 0 atom stereocenters. The predicted molar refractivity (Wildman–Crippen MR) is 112 cm³/mol. The molecule has 0 unspecified atom stereocenters. The lowest BCUT2D eigenvalue weighted by atomic mass is 10.0. The Morgan fingerprint density at radius 1 is 1.10 bits per heavy atom. The highest BCUT2D eigenvalue weighted by molar-refractivity contribution is 5.66. The third-order valence-electron chi connectivity index (χ3n) is 5.35. The zero-order valence-electron chi connectivity index (χ0n) is 16.9. The number of pyridine rings is 1. The molecule has 31 heavy (non-hydrogen) atoms. The van der Waals surface area contributed by atoms with E-state index in [9.17, 15) is 13.6 Å². The topological polar surface area (TPSA) is 62.7 Å². The van der Waals surface area contributed by atoms with Crippen molar-refractivity contribution in [2.75, 3.05) is 13.1 Å². The number of aromatic nitrogens is 1. The van der Waals surface area contributed by atoms with Gasteiger partial charge in [-0.2, -0.15) is 0 Å². The van der Waals surface area contributed by atoms with E-state index in [4.69, 9.17) is 14.8 Å². The molecule has 7 heteroatoms. The summed E-state index contributed by atoms with van der Waals surface area (Å²) in [6, 6.07) is 15.3. The molecule has 0 fully saturated rings. The molecule has 4 rings (SSSR count). The van der Waals surface area contributed by atoms with E-state index in [2.05, 4.69) is 4.90 Å². The van der Waals surface area contributed by atoms with E-state index in [1.54, 1.807) is 12.1 Å². The van der Waals surface area contributed by atoms with Crippen LogP contribution < -0.4 is 4.74 Å². The average Bonchev–Trinajstić information content (AvgIpc) is 2.78. The van der Waals surface area contributed by atoms with Crippen LogP contribution in [0.5, 0.6) is 5.75 Å². The minimum Gasteiger partial charge on any atom is -0.489 e. The molecular formula is C24H22F2N2O3. The van der Waals surface area contributed by atoms with Gasteiger partial charge < -0.3 is 9.84 Å². The van der Waals surface area contributed by atoms with Gasteiger partial charge in [-0.15, -0.1) is 0 Å². The van der Waals surface area contributed by atoms with Gasteiger partial charge in [0.25, 0.3) is 0 Å². The summed E-state index contributed by atoms with van der Waals surface area (Å²) < 4.78 is 32.6. The van der Waals surface area contributed by atoms with Crippen molar-refractivity contribution >= 4 is 5.97 Å². The molecule has 0 bridgehead atoms. The van der Waals surface area contributed by atoms with Crippen LogP contribution in [0.4, 0.5) is 8.78 Å². The van der Waals surface area contributed by atoms with E-state index >= 15 is 0 Å². The molecule has 2 aromatic carbocycles. The van der Waals surface area contributed by atoms with Crippen molar-refractivity contribution in [2.24, 2.45) is 0 Å². The molecule has 2 heterocycles. The lowest BCUT2D eigenvalue weighted by Crippen LogP contribution is -2.32. The Morgan fingerprint density at radius 2 is 1.90 bits per heavy atom. The van der Waals surface area contributed by atoms with Crippen molar-refractivity contribution in [3.8, 4) is 17.0 Å². The van der Waals surface area contributed by atoms with Gasteiger partial charge in [0.15, 0.2) is 11.6 Å². The number of nitrogens with zero attached hydrogens (tertiary/aromatic N) is 2. The van der Waals surface area contributed by atoms with Crippen LogP contribution in [-0.4, -0.2) is 34.0 Å². The zero-order chi connectivity index (χ0) is 21.8. The number of fused-ring (bicyclic) bond motifs is 1. The highest BCUT2D eigenvalue weighted by atomic mass is 19.2. The molecule has 1 aromatic heterocycles. The Hall–Kier alpha value is -3.32. The average molecular weight is 424 g/mol. The summed E-state index contributed by atoms with van der Waals surface area (Å²) in [6.07, 6.45) is 0.921. The van der Waals surface area contributed by atoms with E-state index < -0.39 is 17.6 Å². The first-order valence-corrected chi connectivity index (χ1v) is 10.1. The fourth-order valence-corrected chi connectivity index (χ4v) is 3.62. The number of hydrogen-bond acceptors (Lipinski definition) is 4. The van der Waals surface area contributed by atoms with Crippen molar-refractivity contribution in [3.63, 3.8) is 0 Å². The number of halogens is 2. The maximum absolute atomic E-state index is 13.7. The number of carboxylic acid groups (broad SMARTS) is 1. The first kappa shape index (κ1) is 20.9. The first-order valence-electron chi connectivity index (χ1n) is 10.1. The molecule has 1 aliphatic heterocycles. The third-order valence-corrected chi connectivity index (χ3v) is 5.35. The fraction of sp³-hybridized carbons (Fsp3) is 0.250. The third kappa shape index (κ3) is 5.06. The lowest BCUT2D eigenvalue weighted by Gasteiger charge is -2.27. The van der Waals surface area contributed by atoms with Gasteiger partial charge in [0.05, 0.1) is 12.1 Å². The van der Waals surface area contributed by atoms with Crippen molar-refractivity contribution < 1.29 is 23.4 Å². The number of rotatable bonds is 7. The van der Waals surface area contributed by atoms with Crippen LogP contribution in [0.25, 0.3) is 11.3 Å². The molecule has 3 aromatic rings. The van der Waals surface area contributed by atoms with Crippen molar-refractivity contribution in [3.05, 3.63) is 83.1 Å². The number of carboxylic acids is 1. The number of benzene rings is 2. The SMILES string of the molecule is O=C(O)CCN1CCc2nc(-c3ccc(OCc4cccc(F)c4F)cc3)ccc2C1. The van der Waals surface area contributed by atoms with Crippen LogP contribution in [0.2, 0.25) is 0 Å². The monoisotopic (exact) mass is 424 g/mol. The summed E-state index contributed by atoms with van der Waals surface area (Å²) in [5.41, 5.74) is 4.10. The Bertz CT molecular complexity index is 1090. The Morgan fingerprint density at radius 3 is 2.68 bits per heavy atom. The van der Waals surface area contributed by atoms with Gasteiger partial charge in [0.2, 0.25) is 0 Å². The molecule has 1 N–H and O–H groups in total. The van der Waals surface area contributed by atoms with Crippen LogP contribution in [0.3, 0.4) is 0 Å². The second-order valence-electron chi connectivity index (χ2n) is 7.50. The molecule has 0 amide bonds. The van der Waals surface area contributed by atoms with Crippen LogP contribution in [0.15, 0.2) is 54.6 Å². The van der Waals surface area contributed by atoms with Gasteiger partial charge >= 0.3 is 5.97 Å². The van der Waals surface area contributed by atoms with Crippen LogP contribution >= 0.6 is 0 Å². The van der Waals surface area contributed by atoms with Crippen molar-refractivity contribution in [1.29, 1.82) is 0 Å². The molecule has 0 aliphatic carbocycles.